The van der Waals surface area contributed by atoms with Crippen LogP contribution in [-0.4, -0.2) is 57.6 Å². The molecule has 1 aromatic carbocycles. The number of aliphatic hydroxyl groups excluding tert-OH is 1. The maximum absolute atomic E-state index is 13.8. The number of esters is 1. The molecule has 206 valence electrons. The van der Waals surface area contributed by atoms with Gasteiger partial charge in [-0.25, -0.2) is 9.36 Å². The zero-order valence-electron chi connectivity index (χ0n) is 20.5. The summed E-state index contributed by atoms with van der Waals surface area (Å²) in [6.07, 6.45) is -4.44. The van der Waals surface area contributed by atoms with Crippen LogP contribution >= 0.6 is 7.75 Å². The molecule has 3 rings (SSSR count). The Balaban J connectivity index is 1.84. The lowest BCUT2D eigenvalue weighted by Crippen LogP contribution is -2.38. The zero-order chi connectivity index (χ0) is 28.0. The topological polar surface area (TPSA) is 207 Å². The average molecular weight is 556 g/mol. The van der Waals surface area contributed by atoms with Crippen molar-refractivity contribution < 1.29 is 37.4 Å². The van der Waals surface area contributed by atoms with Gasteiger partial charge in [0.2, 0.25) is 5.82 Å². The Labute approximate surface area is 214 Å². The summed E-state index contributed by atoms with van der Waals surface area (Å²) in [4.78, 5) is 40.2. The maximum Gasteiger partial charge on any atom is 0.459 e. The van der Waals surface area contributed by atoms with Crippen molar-refractivity contribution in [3.63, 3.8) is 0 Å². The number of carbonyl (C=O) groups excluding carboxylic acids is 1. The number of aromatic amines is 1. The maximum atomic E-state index is 13.8. The molecule has 0 unspecified atom stereocenters. The predicted octanol–water partition coefficient (Wildman–Crippen LogP) is 1.75. The van der Waals surface area contributed by atoms with Crippen LogP contribution in [0.1, 0.15) is 27.0 Å². The van der Waals surface area contributed by atoms with Crippen LogP contribution in [-0.2, 0) is 23.4 Å². The van der Waals surface area contributed by atoms with Crippen molar-refractivity contribution in [2.45, 2.75) is 57.4 Å². The van der Waals surface area contributed by atoms with Crippen LogP contribution in [0, 0.1) is 5.82 Å². The first-order valence-corrected chi connectivity index (χ1v) is 12.8. The minimum absolute atomic E-state index is 0.126. The van der Waals surface area contributed by atoms with Crippen LogP contribution in [0.25, 0.3) is 10.4 Å². The van der Waals surface area contributed by atoms with E-state index in [1.165, 1.54) is 19.1 Å². The van der Waals surface area contributed by atoms with Crippen molar-refractivity contribution in [3.05, 3.63) is 73.6 Å². The van der Waals surface area contributed by atoms with Gasteiger partial charge in [-0.1, -0.05) is 23.3 Å². The van der Waals surface area contributed by atoms with Gasteiger partial charge < -0.3 is 19.1 Å². The van der Waals surface area contributed by atoms with E-state index in [2.05, 4.69) is 15.1 Å². The molecule has 3 N–H and O–H groups in total. The Kier molecular flexibility index (Phi) is 9.44. The van der Waals surface area contributed by atoms with E-state index < -0.39 is 74.0 Å². The molecule has 2 heterocycles. The minimum atomic E-state index is -4.35. The molecular formula is C21H26FN6O9P. The highest BCUT2D eigenvalue weighted by Gasteiger charge is 2.46. The molecule has 0 saturated carbocycles. The summed E-state index contributed by atoms with van der Waals surface area (Å²) in [6, 6.07) is 5.27. The predicted molar refractivity (Wildman–Crippen MR) is 129 cm³/mol. The number of rotatable bonds is 11. The summed E-state index contributed by atoms with van der Waals surface area (Å²) in [6.45, 7) is 3.99. The Morgan fingerprint density at radius 1 is 1.34 bits per heavy atom. The van der Waals surface area contributed by atoms with Crippen molar-refractivity contribution in [2.75, 3.05) is 6.61 Å². The quantitative estimate of drug-likeness (QED) is 0.120. The Hall–Kier alpha value is -3.52. The number of aliphatic hydroxyl groups is 1. The lowest BCUT2D eigenvalue weighted by atomic mass is 10.1. The highest BCUT2D eigenvalue weighted by Crippen LogP contribution is 2.46. The average Bonchev–Trinajstić information content (AvgIpc) is 3.15. The van der Waals surface area contributed by atoms with E-state index in [1.54, 1.807) is 37.0 Å². The van der Waals surface area contributed by atoms with E-state index in [1.807, 2.05) is 0 Å². The first-order chi connectivity index (χ1) is 17.9. The van der Waals surface area contributed by atoms with Gasteiger partial charge in [-0.05, 0) is 38.4 Å². The fraction of sp³-hybridized carbons (Fsp3) is 0.476. The summed E-state index contributed by atoms with van der Waals surface area (Å²) in [5.41, 5.74) is 6.55. The number of para-hydroxylation sites is 1. The number of H-pyrrole nitrogens is 1. The highest BCUT2D eigenvalue weighted by atomic mass is 31.2. The lowest BCUT2D eigenvalue weighted by Gasteiger charge is -2.25. The third-order valence-electron chi connectivity index (χ3n) is 5.16. The van der Waals surface area contributed by atoms with Crippen LogP contribution in [0.5, 0.6) is 5.75 Å². The van der Waals surface area contributed by atoms with Crippen molar-refractivity contribution in [3.8, 4) is 5.75 Å². The van der Waals surface area contributed by atoms with Crippen LogP contribution < -0.4 is 20.9 Å². The molecule has 6 atom stereocenters. The van der Waals surface area contributed by atoms with E-state index in [0.29, 0.717) is 10.8 Å². The molecule has 0 amide bonds. The fourth-order valence-electron chi connectivity index (χ4n) is 3.44. The number of carbonyl (C=O) groups is 1. The monoisotopic (exact) mass is 556 g/mol. The molecule has 0 radical (unpaired) electrons. The van der Waals surface area contributed by atoms with Gasteiger partial charge in [0.25, 0.3) is 5.56 Å². The SMILES string of the molecule is CC(C)OC(=O)[C@H](C)N[P@@](=O)(OC[C@H]1O[C@@H](n2cc(F)c(=O)[nH]c2=O)[C@H](N=[N+]=[N-])[C@@H]1O)Oc1ccccc1. The number of aromatic nitrogens is 2. The number of azide groups is 1. The third-order valence-corrected chi connectivity index (χ3v) is 6.80. The van der Waals surface area contributed by atoms with E-state index in [0.717, 1.165) is 0 Å². The van der Waals surface area contributed by atoms with Gasteiger partial charge in [0.05, 0.1) is 25.0 Å². The third kappa shape index (κ3) is 7.07. The van der Waals surface area contributed by atoms with Crippen LogP contribution in [0.3, 0.4) is 0 Å². The van der Waals surface area contributed by atoms with Crippen LogP contribution in [0.15, 0.2) is 51.2 Å². The normalized spacial score (nSPS) is 23.3. The lowest BCUT2D eigenvalue weighted by molar-refractivity contribution is -0.149. The number of ether oxygens (including phenoxy) is 2. The summed E-state index contributed by atoms with van der Waals surface area (Å²) in [5, 5.41) is 16.6. The Morgan fingerprint density at radius 2 is 2.03 bits per heavy atom. The molecule has 2 aromatic rings. The second-order valence-corrected chi connectivity index (χ2v) is 10.1. The van der Waals surface area contributed by atoms with Crippen LogP contribution in [0.4, 0.5) is 4.39 Å². The number of nitrogens with zero attached hydrogens (tertiary/aromatic N) is 4. The van der Waals surface area contributed by atoms with Gasteiger partial charge >= 0.3 is 19.4 Å². The standard InChI is InChI=1S/C21H26FN6O9P/c1-11(2)35-20(31)12(3)26-38(33,37-13-7-5-4-6-8-13)34-10-15-17(29)16(25-27-23)19(36-15)28-9-14(22)18(30)24-21(28)32/h4-9,11-12,15-17,19,29H,10H2,1-3H3,(H,26,33)(H,24,30,32)/t12-,15+,16+,17+,19+,38+/m0/s1. The van der Waals surface area contributed by atoms with E-state index in [4.69, 9.17) is 24.1 Å². The van der Waals surface area contributed by atoms with Gasteiger partial charge in [-0.3, -0.25) is 23.7 Å². The number of hydrogen-bond donors (Lipinski definition) is 3. The van der Waals surface area contributed by atoms with Gasteiger partial charge in [0.15, 0.2) is 0 Å². The molecule has 0 bridgehead atoms. The van der Waals surface area contributed by atoms with Crippen molar-refractivity contribution >= 4 is 13.7 Å². The van der Waals surface area contributed by atoms with Crippen molar-refractivity contribution in [2.24, 2.45) is 5.11 Å². The van der Waals surface area contributed by atoms with Crippen molar-refractivity contribution in [1.82, 2.24) is 14.6 Å². The summed E-state index contributed by atoms with van der Waals surface area (Å²) < 4.78 is 49.7. The molecule has 38 heavy (non-hydrogen) atoms. The fourth-order valence-corrected chi connectivity index (χ4v) is 4.94. The number of nitrogens with one attached hydrogen (secondary N) is 2. The molecule has 1 aliphatic heterocycles. The van der Waals surface area contributed by atoms with Gasteiger partial charge in [-0.2, -0.15) is 9.48 Å². The molecule has 1 fully saturated rings. The molecule has 1 saturated heterocycles. The van der Waals surface area contributed by atoms with Crippen LogP contribution in [0.2, 0.25) is 0 Å². The largest absolute Gasteiger partial charge is 0.462 e. The first kappa shape index (κ1) is 29.0. The molecule has 0 aliphatic carbocycles. The zero-order valence-corrected chi connectivity index (χ0v) is 21.4. The highest BCUT2D eigenvalue weighted by molar-refractivity contribution is 7.52. The second-order valence-electron chi connectivity index (χ2n) is 8.43. The van der Waals surface area contributed by atoms with E-state index in [-0.39, 0.29) is 5.75 Å². The van der Waals surface area contributed by atoms with Gasteiger partial charge in [0.1, 0.15) is 30.2 Å². The molecule has 17 heteroatoms. The van der Waals surface area contributed by atoms with Gasteiger partial charge in [-0.15, -0.1) is 0 Å². The Morgan fingerprint density at radius 3 is 2.66 bits per heavy atom. The second kappa shape index (κ2) is 12.3. The van der Waals surface area contributed by atoms with Crippen molar-refractivity contribution in [1.29, 1.82) is 0 Å². The molecular weight excluding hydrogens is 530 g/mol. The summed E-state index contributed by atoms with van der Waals surface area (Å²) >= 11 is 0. The van der Waals surface area contributed by atoms with E-state index in [9.17, 15) is 28.4 Å². The smallest absolute Gasteiger partial charge is 0.459 e. The molecule has 15 nitrogen and oxygen atoms in total. The number of hydrogen-bond acceptors (Lipinski definition) is 10. The van der Waals surface area contributed by atoms with Gasteiger partial charge in [0, 0.05) is 4.91 Å². The Bertz CT molecular complexity index is 1350. The summed E-state index contributed by atoms with van der Waals surface area (Å²) in [7, 11) is -4.35. The number of halogens is 1. The molecule has 0 spiro atoms. The molecule has 1 aliphatic rings. The number of benzene rings is 1. The first-order valence-electron chi connectivity index (χ1n) is 11.3. The minimum Gasteiger partial charge on any atom is -0.462 e. The van der Waals surface area contributed by atoms with E-state index >= 15 is 0 Å². The summed E-state index contributed by atoms with van der Waals surface area (Å²) in [5.74, 6) is -1.93. The molecule has 1 aromatic heterocycles.